The zero-order chi connectivity index (χ0) is 15.4. The number of hydrogen-bond acceptors (Lipinski definition) is 4. The summed E-state index contributed by atoms with van der Waals surface area (Å²) in [5.41, 5.74) is 2.16. The van der Waals surface area contributed by atoms with E-state index in [2.05, 4.69) is 33.5 Å². The Labute approximate surface area is 124 Å². The van der Waals surface area contributed by atoms with E-state index < -0.39 is 0 Å². The Morgan fingerprint density at radius 3 is 2.71 bits per heavy atom. The topological polar surface area (TPSA) is 77.6 Å². The Morgan fingerprint density at radius 2 is 2.14 bits per heavy atom. The number of hydrogen-bond donors (Lipinski definition) is 1. The molecule has 0 unspecified atom stereocenters. The van der Waals surface area contributed by atoms with Crippen molar-refractivity contribution in [3.63, 3.8) is 0 Å². The lowest BCUT2D eigenvalue weighted by molar-refractivity contribution is -0.124. The van der Waals surface area contributed by atoms with Gasteiger partial charge in [0.05, 0.1) is 5.69 Å². The van der Waals surface area contributed by atoms with Crippen molar-refractivity contribution in [1.29, 1.82) is 0 Å². The summed E-state index contributed by atoms with van der Waals surface area (Å²) in [7, 11) is 0. The van der Waals surface area contributed by atoms with E-state index in [1.807, 2.05) is 18.5 Å². The van der Waals surface area contributed by atoms with Crippen LogP contribution in [0.2, 0.25) is 0 Å². The molecule has 0 aliphatic carbocycles. The van der Waals surface area contributed by atoms with Crippen LogP contribution in [-0.2, 0) is 11.3 Å². The van der Waals surface area contributed by atoms with Crippen molar-refractivity contribution >= 4 is 5.91 Å². The first-order valence-corrected chi connectivity index (χ1v) is 7.10. The van der Waals surface area contributed by atoms with Gasteiger partial charge in [0.1, 0.15) is 18.7 Å². The molecule has 0 aliphatic heterocycles. The molecule has 0 saturated heterocycles. The number of nitrogens with one attached hydrogen (secondary N) is 1. The Balaban J connectivity index is 1.82. The number of carbonyl (C=O) groups excluding carboxylic acids is 1. The second kappa shape index (κ2) is 6.51. The van der Waals surface area contributed by atoms with Crippen LogP contribution in [0, 0.1) is 19.8 Å². The SMILES string of the molecule is Cc1cc(C)n(C[C@H](C)CNC(=O)[C@@H](C)n2cncn2)n1. The van der Waals surface area contributed by atoms with E-state index in [4.69, 9.17) is 0 Å². The first kappa shape index (κ1) is 15.2. The summed E-state index contributed by atoms with van der Waals surface area (Å²) in [6, 6.07) is 1.70. The van der Waals surface area contributed by atoms with Crippen LogP contribution in [-0.4, -0.2) is 37.0 Å². The normalized spacial score (nSPS) is 13.9. The second-order valence-electron chi connectivity index (χ2n) is 5.51. The number of amides is 1. The standard InChI is InChI=1S/C14H22N6O/c1-10(7-19-12(3)5-11(2)18-19)6-16-14(21)13(4)20-9-15-8-17-20/h5,8-10,13H,6-7H2,1-4H3,(H,16,21)/t10-,13-/m1/s1. The second-order valence-corrected chi connectivity index (χ2v) is 5.51. The summed E-state index contributed by atoms with van der Waals surface area (Å²) in [5.74, 6) is 0.246. The van der Waals surface area contributed by atoms with Crippen LogP contribution in [0.25, 0.3) is 0 Å². The molecule has 0 radical (unpaired) electrons. The first-order chi connectivity index (χ1) is 9.97. The highest BCUT2D eigenvalue weighted by molar-refractivity contribution is 5.79. The molecule has 2 rings (SSSR count). The van der Waals surface area contributed by atoms with Crippen molar-refractivity contribution in [2.75, 3.05) is 6.54 Å². The van der Waals surface area contributed by atoms with Crippen molar-refractivity contribution in [2.45, 2.75) is 40.3 Å². The summed E-state index contributed by atoms with van der Waals surface area (Å²) in [5, 5.41) is 11.4. The van der Waals surface area contributed by atoms with Gasteiger partial charge in [-0.3, -0.25) is 9.48 Å². The highest BCUT2D eigenvalue weighted by Crippen LogP contribution is 2.07. The molecule has 7 heteroatoms. The van der Waals surface area contributed by atoms with Crippen molar-refractivity contribution in [1.82, 2.24) is 29.9 Å². The molecule has 21 heavy (non-hydrogen) atoms. The fraction of sp³-hybridized carbons (Fsp3) is 0.571. The molecule has 2 atom stereocenters. The molecule has 1 amide bonds. The van der Waals surface area contributed by atoms with Gasteiger partial charge in [-0.2, -0.15) is 10.2 Å². The van der Waals surface area contributed by atoms with Crippen LogP contribution in [0.3, 0.4) is 0 Å². The Morgan fingerprint density at radius 1 is 1.38 bits per heavy atom. The molecule has 7 nitrogen and oxygen atoms in total. The molecule has 0 fully saturated rings. The lowest BCUT2D eigenvalue weighted by Crippen LogP contribution is -2.35. The lowest BCUT2D eigenvalue weighted by atomic mass is 10.1. The Bertz CT molecular complexity index is 589. The summed E-state index contributed by atoms with van der Waals surface area (Å²) in [6.07, 6.45) is 2.97. The van der Waals surface area contributed by atoms with Crippen LogP contribution in [0.15, 0.2) is 18.7 Å². The van der Waals surface area contributed by atoms with Gasteiger partial charge in [-0.15, -0.1) is 0 Å². The fourth-order valence-electron chi connectivity index (χ4n) is 2.18. The maximum atomic E-state index is 12.0. The number of rotatable bonds is 6. The quantitative estimate of drug-likeness (QED) is 0.864. The number of nitrogens with zero attached hydrogens (tertiary/aromatic N) is 5. The van der Waals surface area contributed by atoms with E-state index in [0.717, 1.165) is 17.9 Å². The van der Waals surface area contributed by atoms with Crippen molar-refractivity contribution in [3.05, 3.63) is 30.1 Å². The highest BCUT2D eigenvalue weighted by atomic mass is 16.2. The molecule has 2 aromatic rings. The van der Waals surface area contributed by atoms with Gasteiger partial charge in [0.15, 0.2) is 0 Å². The summed E-state index contributed by atoms with van der Waals surface area (Å²) < 4.78 is 3.52. The zero-order valence-electron chi connectivity index (χ0n) is 12.9. The monoisotopic (exact) mass is 290 g/mol. The van der Waals surface area contributed by atoms with Gasteiger partial charge >= 0.3 is 0 Å². The van der Waals surface area contributed by atoms with Gasteiger partial charge in [-0.1, -0.05) is 6.92 Å². The predicted molar refractivity (Wildman–Crippen MR) is 78.6 cm³/mol. The summed E-state index contributed by atoms with van der Waals surface area (Å²) in [4.78, 5) is 15.9. The molecule has 0 saturated carbocycles. The van der Waals surface area contributed by atoms with Crippen LogP contribution >= 0.6 is 0 Å². The summed E-state index contributed by atoms with van der Waals surface area (Å²) in [6.45, 7) is 9.31. The van der Waals surface area contributed by atoms with Gasteiger partial charge in [-0.25, -0.2) is 9.67 Å². The number of aromatic nitrogens is 5. The third kappa shape index (κ3) is 3.90. The van der Waals surface area contributed by atoms with E-state index in [9.17, 15) is 4.79 Å². The largest absolute Gasteiger partial charge is 0.354 e. The van der Waals surface area contributed by atoms with E-state index >= 15 is 0 Å². The molecular formula is C14H22N6O. The van der Waals surface area contributed by atoms with E-state index in [0.29, 0.717) is 12.5 Å². The summed E-state index contributed by atoms with van der Waals surface area (Å²) >= 11 is 0. The Hall–Kier alpha value is -2.18. The highest BCUT2D eigenvalue weighted by Gasteiger charge is 2.16. The number of carbonyl (C=O) groups is 1. The molecule has 114 valence electrons. The molecule has 1 N–H and O–H groups in total. The lowest BCUT2D eigenvalue weighted by Gasteiger charge is -2.16. The maximum Gasteiger partial charge on any atom is 0.244 e. The predicted octanol–water partition coefficient (Wildman–Crippen LogP) is 1.10. The molecule has 2 aromatic heterocycles. The first-order valence-electron chi connectivity index (χ1n) is 7.10. The van der Waals surface area contributed by atoms with Crippen molar-refractivity contribution in [2.24, 2.45) is 5.92 Å². The van der Waals surface area contributed by atoms with Crippen LogP contribution < -0.4 is 5.32 Å². The van der Waals surface area contributed by atoms with E-state index in [-0.39, 0.29) is 11.9 Å². The average molecular weight is 290 g/mol. The smallest absolute Gasteiger partial charge is 0.244 e. The minimum absolute atomic E-state index is 0.0549. The molecule has 0 aliphatic rings. The molecule has 0 aromatic carbocycles. The molecule has 2 heterocycles. The van der Waals surface area contributed by atoms with Gasteiger partial charge in [-0.05, 0) is 32.8 Å². The van der Waals surface area contributed by atoms with Gasteiger partial charge in [0, 0.05) is 18.8 Å². The van der Waals surface area contributed by atoms with Crippen LogP contribution in [0.4, 0.5) is 0 Å². The maximum absolute atomic E-state index is 12.0. The van der Waals surface area contributed by atoms with Gasteiger partial charge < -0.3 is 5.32 Å². The minimum Gasteiger partial charge on any atom is -0.354 e. The van der Waals surface area contributed by atoms with Crippen LogP contribution in [0.1, 0.15) is 31.3 Å². The third-order valence-electron chi connectivity index (χ3n) is 3.43. The minimum atomic E-state index is -0.353. The third-order valence-corrected chi connectivity index (χ3v) is 3.43. The van der Waals surface area contributed by atoms with Crippen molar-refractivity contribution in [3.8, 4) is 0 Å². The average Bonchev–Trinajstić information content (AvgIpc) is 3.06. The zero-order valence-corrected chi connectivity index (χ0v) is 12.9. The van der Waals surface area contributed by atoms with Crippen molar-refractivity contribution < 1.29 is 4.79 Å². The number of aryl methyl sites for hydroxylation is 2. The van der Waals surface area contributed by atoms with E-state index in [1.165, 1.54) is 6.33 Å². The fourth-order valence-corrected chi connectivity index (χ4v) is 2.18. The molecule has 0 spiro atoms. The molecular weight excluding hydrogens is 268 g/mol. The molecule has 0 bridgehead atoms. The Kier molecular flexibility index (Phi) is 4.72. The van der Waals surface area contributed by atoms with E-state index in [1.54, 1.807) is 17.9 Å². The van der Waals surface area contributed by atoms with Crippen LogP contribution in [0.5, 0.6) is 0 Å². The van der Waals surface area contributed by atoms with Gasteiger partial charge in [0.25, 0.3) is 0 Å². The van der Waals surface area contributed by atoms with Gasteiger partial charge in [0.2, 0.25) is 5.91 Å².